The molecule has 0 bridgehead atoms. The third-order valence-electron chi connectivity index (χ3n) is 6.70. The molecule has 0 amide bonds. The van der Waals surface area contributed by atoms with Gasteiger partial charge in [-0.05, 0) is 55.9 Å². The Morgan fingerprint density at radius 3 is 2.79 bits per heavy atom. The summed E-state index contributed by atoms with van der Waals surface area (Å²) >= 11 is 0. The lowest BCUT2D eigenvalue weighted by atomic mass is 9.91. The molecule has 1 saturated heterocycles. The molecular weight excluding hydrogens is 418 g/mol. The van der Waals surface area contributed by atoms with Crippen molar-refractivity contribution >= 4 is 27.8 Å². The predicted molar refractivity (Wildman–Crippen MR) is 127 cm³/mol. The van der Waals surface area contributed by atoms with E-state index in [2.05, 4.69) is 6.92 Å². The number of hydrogen-bond donors (Lipinski definition) is 1. The van der Waals surface area contributed by atoms with Gasteiger partial charge in [-0.2, -0.15) is 0 Å². The molecule has 0 aliphatic carbocycles. The number of aromatic nitrogens is 1. The molecule has 0 radical (unpaired) electrons. The van der Waals surface area contributed by atoms with Crippen molar-refractivity contribution in [3.8, 4) is 17.2 Å². The molecule has 3 heterocycles. The lowest BCUT2D eigenvalue weighted by molar-refractivity contribution is 0.00838. The highest BCUT2D eigenvalue weighted by Crippen LogP contribution is 2.37. The molecule has 2 aromatic heterocycles. The zero-order valence-corrected chi connectivity index (χ0v) is 19.1. The minimum Gasteiger partial charge on any atom is -0.493 e. The number of aromatic carboxylic acids is 1. The summed E-state index contributed by atoms with van der Waals surface area (Å²) in [5, 5.41) is 11.6. The second kappa shape index (κ2) is 8.52. The summed E-state index contributed by atoms with van der Waals surface area (Å²) in [6, 6.07) is 13.1. The van der Waals surface area contributed by atoms with E-state index in [4.69, 9.17) is 18.9 Å². The maximum absolute atomic E-state index is 12.3. The fourth-order valence-corrected chi connectivity index (χ4v) is 4.64. The Kier molecular flexibility index (Phi) is 5.54. The fraction of sp³-hybridized carbons (Fsp3) is 0.333. The van der Waals surface area contributed by atoms with Gasteiger partial charge in [0, 0.05) is 24.2 Å². The van der Waals surface area contributed by atoms with E-state index in [-0.39, 0.29) is 5.56 Å². The van der Waals surface area contributed by atoms with Crippen molar-refractivity contribution in [2.75, 3.05) is 19.8 Å². The van der Waals surface area contributed by atoms with Crippen LogP contribution in [0.15, 0.2) is 46.9 Å². The molecule has 2 unspecified atom stereocenters. The molecule has 1 fully saturated rings. The summed E-state index contributed by atoms with van der Waals surface area (Å²) in [6.07, 6.45) is 0.935. The monoisotopic (exact) mass is 445 g/mol. The number of pyridine rings is 1. The molecule has 6 nitrogen and oxygen atoms in total. The molecule has 1 N–H and O–H groups in total. The van der Waals surface area contributed by atoms with Gasteiger partial charge in [0.15, 0.2) is 5.76 Å². The number of aryl methyl sites for hydroxylation is 2. The van der Waals surface area contributed by atoms with Gasteiger partial charge >= 0.3 is 5.97 Å². The summed E-state index contributed by atoms with van der Waals surface area (Å²) in [4.78, 5) is 17.2. The van der Waals surface area contributed by atoms with Crippen LogP contribution in [-0.4, -0.2) is 35.9 Å². The summed E-state index contributed by atoms with van der Waals surface area (Å²) in [7, 11) is 0. The van der Waals surface area contributed by atoms with Crippen molar-refractivity contribution in [2.45, 2.75) is 27.2 Å². The Bertz CT molecular complexity index is 1360. The van der Waals surface area contributed by atoms with Crippen LogP contribution in [0, 0.1) is 25.7 Å². The van der Waals surface area contributed by atoms with Gasteiger partial charge in [-0.25, -0.2) is 9.78 Å². The Morgan fingerprint density at radius 2 is 2.03 bits per heavy atom. The van der Waals surface area contributed by atoms with E-state index in [9.17, 15) is 9.90 Å². The zero-order chi connectivity index (χ0) is 23.1. The number of ether oxygens (including phenoxy) is 2. The number of benzene rings is 2. The summed E-state index contributed by atoms with van der Waals surface area (Å²) in [6.45, 7) is 8.04. The minimum absolute atomic E-state index is 0.161. The summed E-state index contributed by atoms with van der Waals surface area (Å²) in [5.74, 6) is 0.880. The molecule has 0 spiro atoms. The van der Waals surface area contributed by atoms with Crippen molar-refractivity contribution in [3.63, 3.8) is 0 Å². The van der Waals surface area contributed by atoms with E-state index in [0.29, 0.717) is 46.5 Å². The minimum atomic E-state index is -1.02. The lowest BCUT2D eigenvalue weighted by Gasteiger charge is -2.29. The van der Waals surface area contributed by atoms with Gasteiger partial charge in [-0.15, -0.1) is 0 Å². The van der Waals surface area contributed by atoms with Crippen molar-refractivity contribution in [1.29, 1.82) is 0 Å². The second-order valence-corrected chi connectivity index (χ2v) is 8.93. The largest absolute Gasteiger partial charge is 0.493 e. The van der Waals surface area contributed by atoms with Crippen LogP contribution in [-0.2, 0) is 4.74 Å². The van der Waals surface area contributed by atoms with Crippen LogP contribution in [0.1, 0.15) is 34.8 Å². The molecule has 2 atom stereocenters. The molecule has 5 rings (SSSR count). The van der Waals surface area contributed by atoms with Crippen LogP contribution in [0.5, 0.6) is 5.75 Å². The number of fused-ring (bicyclic) bond motifs is 2. The van der Waals surface area contributed by atoms with Crippen LogP contribution in [0.2, 0.25) is 0 Å². The number of rotatable bonds is 5. The third-order valence-corrected chi connectivity index (χ3v) is 6.70. The van der Waals surface area contributed by atoms with Crippen LogP contribution < -0.4 is 4.74 Å². The van der Waals surface area contributed by atoms with Crippen molar-refractivity contribution in [1.82, 2.24) is 4.98 Å². The smallest absolute Gasteiger partial charge is 0.336 e. The van der Waals surface area contributed by atoms with Gasteiger partial charge in [0.05, 0.1) is 23.1 Å². The van der Waals surface area contributed by atoms with Gasteiger partial charge in [-0.3, -0.25) is 0 Å². The molecule has 6 heteroatoms. The van der Waals surface area contributed by atoms with E-state index in [1.807, 2.05) is 50.2 Å². The highest BCUT2D eigenvalue weighted by molar-refractivity contribution is 6.07. The van der Waals surface area contributed by atoms with Crippen LogP contribution >= 0.6 is 0 Å². The predicted octanol–water partition coefficient (Wildman–Crippen LogP) is 6.01. The number of carboxylic acids is 1. The Balaban J connectivity index is 1.62. The van der Waals surface area contributed by atoms with Gasteiger partial charge < -0.3 is 19.0 Å². The average Bonchev–Trinajstić information content (AvgIpc) is 3.15. The standard InChI is InChI=1S/C27H27NO5/c1-15-8-9-23(32-14-18-10-11-31-13-16(18)2)24-20(27(29)30)12-21(28-25(15)24)26-17(3)19-6-4-5-7-22(19)33-26/h4-9,12,16,18H,10-11,13-14H2,1-3H3,(H,29,30). The lowest BCUT2D eigenvalue weighted by Crippen LogP contribution is -2.29. The maximum Gasteiger partial charge on any atom is 0.336 e. The molecule has 170 valence electrons. The summed E-state index contributed by atoms with van der Waals surface area (Å²) in [5.41, 5.74) is 3.85. The first-order valence-electron chi connectivity index (χ1n) is 11.3. The third kappa shape index (κ3) is 3.85. The van der Waals surface area contributed by atoms with Crippen LogP contribution in [0.25, 0.3) is 33.3 Å². The molecular formula is C27H27NO5. The first kappa shape index (κ1) is 21.5. The van der Waals surface area contributed by atoms with E-state index >= 15 is 0 Å². The molecule has 1 aliphatic rings. The number of carboxylic acid groups (broad SMARTS) is 1. The van der Waals surface area contributed by atoms with E-state index in [1.54, 1.807) is 6.07 Å². The summed E-state index contributed by atoms with van der Waals surface area (Å²) < 4.78 is 17.8. The molecule has 0 saturated carbocycles. The molecule has 2 aromatic carbocycles. The fourth-order valence-electron chi connectivity index (χ4n) is 4.64. The Hall–Kier alpha value is -3.38. The van der Waals surface area contributed by atoms with E-state index in [0.717, 1.165) is 41.7 Å². The quantitative estimate of drug-likeness (QED) is 0.405. The molecule has 33 heavy (non-hydrogen) atoms. The number of para-hydroxylation sites is 1. The number of carbonyl (C=O) groups is 1. The molecule has 1 aliphatic heterocycles. The van der Waals surface area contributed by atoms with Gasteiger partial charge in [-0.1, -0.05) is 31.2 Å². The van der Waals surface area contributed by atoms with Gasteiger partial charge in [0.2, 0.25) is 0 Å². The topological polar surface area (TPSA) is 81.8 Å². The number of hydrogen-bond acceptors (Lipinski definition) is 5. The van der Waals surface area contributed by atoms with E-state index < -0.39 is 5.97 Å². The zero-order valence-electron chi connectivity index (χ0n) is 19.1. The number of nitrogens with zero attached hydrogens (tertiary/aromatic N) is 1. The van der Waals surface area contributed by atoms with Crippen molar-refractivity contribution < 1.29 is 23.8 Å². The van der Waals surface area contributed by atoms with Gasteiger partial charge in [0.25, 0.3) is 0 Å². The van der Waals surface area contributed by atoms with Crippen molar-refractivity contribution in [3.05, 3.63) is 59.2 Å². The van der Waals surface area contributed by atoms with Crippen LogP contribution in [0.3, 0.4) is 0 Å². The highest BCUT2D eigenvalue weighted by atomic mass is 16.5. The average molecular weight is 446 g/mol. The molecule has 4 aromatic rings. The first-order valence-corrected chi connectivity index (χ1v) is 11.3. The normalized spacial score (nSPS) is 18.6. The first-order chi connectivity index (χ1) is 15.9. The Morgan fingerprint density at radius 1 is 1.21 bits per heavy atom. The SMILES string of the molecule is Cc1c(-c2cc(C(=O)O)c3c(OCC4CCOCC4C)ccc(C)c3n2)oc2ccccc12. The second-order valence-electron chi connectivity index (χ2n) is 8.93. The van der Waals surface area contributed by atoms with Crippen molar-refractivity contribution in [2.24, 2.45) is 11.8 Å². The van der Waals surface area contributed by atoms with E-state index in [1.165, 1.54) is 0 Å². The van der Waals surface area contributed by atoms with Crippen LogP contribution in [0.4, 0.5) is 0 Å². The number of furan rings is 1. The maximum atomic E-state index is 12.3. The Labute approximate surface area is 192 Å². The van der Waals surface area contributed by atoms with Gasteiger partial charge in [0.1, 0.15) is 17.0 Å². The highest BCUT2D eigenvalue weighted by Gasteiger charge is 2.25.